The fourth-order valence-corrected chi connectivity index (χ4v) is 3.69. The van der Waals surface area contributed by atoms with Crippen molar-refractivity contribution in [1.29, 1.82) is 0 Å². The summed E-state index contributed by atoms with van der Waals surface area (Å²) >= 11 is 0. The molecule has 3 N–H and O–H groups in total. The molecule has 0 saturated heterocycles. The Kier molecular flexibility index (Phi) is 2.61. The van der Waals surface area contributed by atoms with Crippen molar-refractivity contribution in [2.24, 2.45) is 28.9 Å². The Hall–Kier alpha value is -0.0800. The van der Waals surface area contributed by atoms with Crippen molar-refractivity contribution in [3.63, 3.8) is 0 Å². The van der Waals surface area contributed by atoms with Crippen molar-refractivity contribution in [2.75, 3.05) is 6.54 Å². The first-order chi connectivity index (χ1) is 6.55. The number of rotatable bonds is 3. The van der Waals surface area contributed by atoms with Gasteiger partial charge in [0.1, 0.15) is 0 Å². The number of aliphatic hydroxyl groups excluding tert-OH is 1. The normalized spacial score (nSPS) is 41.6. The molecule has 4 unspecified atom stereocenters. The Morgan fingerprint density at radius 2 is 2.14 bits per heavy atom. The van der Waals surface area contributed by atoms with Crippen LogP contribution in [0.4, 0.5) is 0 Å². The van der Waals surface area contributed by atoms with E-state index in [9.17, 15) is 5.11 Å². The standard InChI is InChI=1S/C12H23NO/c1-12(2)9-4-3-8(11(12)6-9)5-10(14)7-13/h8-11,14H,3-7,13H2,1-2H3. The van der Waals surface area contributed by atoms with Crippen molar-refractivity contribution < 1.29 is 5.11 Å². The number of fused-ring (bicyclic) bond motifs is 2. The minimum Gasteiger partial charge on any atom is -0.392 e. The molecule has 3 rings (SSSR count). The predicted octanol–water partition coefficient (Wildman–Crippen LogP) is 1.77. The summed E-state index contributed by atoms with van der Waals surface area (Å²) in [5, 5.41) is 9.59. The van der Waals surface area contributed by atoms with Crippen molar-refractivity contribution in [3.05, 3.63) is 0 Å². The first-order valence-electron chi connectivity index (χ1n) is 5.93. The zero-order valence-electron chi connectivity index (χ0n) is 9.37. The van der Waals surface area contributed by atoms with Crippen LogP contribution in [0.15, 0.2) is 0 Å². The third kappa shape index (κ3) is 1.49. The summed E-state index contributed by atoms with van der Waals surface area (Å²) < 4.78 is 0. The van der Waals surface area contributed by atoms with E-state index in [1.54, 1.807) is 0 Å². The lowest BCUT2D eigenvalue weighted by atomic mass is 9.45. The van der Waals surface area contributed by atoms with Crippen LogP contribution in [0.25, 0.3) is 0 Å². The number of nitrogens with two attached hydrogens (primary N) is 1. The van der Waals surface area contributed by atoms with Crippen molar-refractivity contribution in [3.8, 4) is 0 Å². The van der Waals surface area contributed by atoms with Crippen molar-refractivity contribution in [1.82, 2.24) is 0 Å². The summed E-state index contributed by atoms with van der Waals surface area (Å²) in [6.45, 7) is 5.21. The van der Waals surface area contributed by atoms with E-state index in [1.807, 2.05) is 0 Å². The third-order valence-corrected chi connectivity index (χ3v) is 4.85. The summed E-state index contributed by atoms with van der Waals surface area (Å²) in [5.74, 6) is 2.54. The van der Waals surface area contributed by atoms with Crippen molar-refractivity contribution in [2.45, 2.75) is 45.6 Å². The van der Waals surface area contributed by atoms with Crippen LogP contribution in [0.3, 0.4) is 0 Å². The topological polar surface area (TPSA) is 46.2 Å². The molecule has 2 bridgehead atoms. The third-order valence-electron chi connectivity index (χ3n) is 4.85. The lowest BCUT2D eigenvalue weighted by Crippen LogP contribution is -2.53. The molecule has 2 heteroatoms. The van der Waals surface area contributed by atoms with Gasteiger partial charge in [0.2, 0.25) is 0 Å². The SMILES string of the molecule is CC1(C)C2CCC(CC(O)CN)C1C2. The van der Waals surface area contributed by atoms with E-state index in [0.717, 1.165) is 24.2 Å². The van der Waals surface area contributed by atoms with Crippen LogP contribution < -0.4 is 5.73 Å². The van der Waals surface area contributed by atoms with Gasteiger partial charge in [-0.3, -0.25) is 0 Å². The van der Waals surface area contributed by atoms with Gasteiger partial charge < -0.3 is 10.8 Å². The molecular formula is C12H23NO. The molecule has 3 fully saturated rings. The van der Waals surface area contributed by atoms with Gasteiger partial charge in [0.25, 0.3) is 0 Å². The fourth-order valence-electron chi connectivity index (χ4n) is 3.69. The molecule has 3 saturated carbocycles. The van der Waals surface area contributed by atoms with E-state index in [-0.39, 0.29) is 6.10 Å². The number of hydrogen-bond donors (Lipinski definition) is 2. The van der Waals surface area contributed by atoms with E-state index >= 15 is 0 Å². The maximum absolute atomic E-state index is 9.59. The van der Waals surface area contributed by atoms with Gasteiger partial charge in [-0.1, -0.05) is 13.8 Å². The Balaban J connectivity index is 1.94. The average Bonchev–Trinajstić information content (AvgIpc) is 2.17. The van der Waals surface area contributed by atoms with Crippen LogP contribution in [0.1, 0.15) is 39.5 Å². The Labute approximate surface area is 86.9 Å². The van der Waals surface area contributed by atoms with Gasteiger partial charge >= 0.3 is 0 Å². The molecule has 0 aromatic heterocycles. The lowest BCUT2D eigenvalue weighted by molar-refractivity contribution is -0.113. The molecule has 82 valence electrons. The van der Waals surface area contributed by atoms with Gasteiger partial charge in [0, 0.05) is 6.54 Å². The predicted molar refractivity (Wildman–Crippen MR) is 57.8 cm³/mol. The van der Waals surface area contributed by atoms with Crippen LogP contribution in [0.2, 0.25) is 0 Å². The van der Waals surface area contributed by atoms with E-state index in [2.05, 4.69) is 13.8 Å². The molecule has 3 aliphatic rings. The highest BCUT2D eigenvalue weighted by Gasteiger charge is 2.53. The largest absolute Gasteiger partial charge is 0.392 e. The molecule has 3 aliphatic carbocycles. The van der Waals surface area contributed by atoms with Crippen LogP contribution in [0.5, 0.6) is 0 Å². The Morgan fingerprint density at radius 3 is 2.64 bits per heavy atom. The second kappa shape index (κ2) is 3.49. The van der Waals surface area contributed by atoms with Gasteiger partial charge in [0.05, 0.1) is 6.10 Å². The van der Waals surface area contributed by atoms with E-state index < -0.39 is 0 Å². The summed E-state index contributed by atoms with van der Waals surface area (Å²) in [5.41, 5.74) is 6.00. The Bertz CT molecular complexity index is 212. The molecule has 0 heterocycles. The smallest absolute Gasteiger partial charge is 0.0665 e. The Morgan fingerprint density at radius 1 is 1.43 bits per heavy atom. The summed E-state index contributed by atoms with van der Waals surface area (Å²) in [6.07, 6.45) is 4.74. The van der Waals surface area contributed by atoms with Gasteiger partial charge in [-0.05, 0) is 48.9 Å². The average molecular weight is 197 g/mol. The first kappa shape index (κ1) is 10.4. The molecule has 0 aromatic rings. The van der Waals surface area contributed by atoms with Gasteiger partial charge in [0.15, 0.2) is 0 Å². The zero-order chi connectivity index (χ0) is 10.3. The number of aliphatic hydroxyl groups is 1. The maximum atomic E-state index is 9.59. The van der Waals surface area contributed by atoms with Crippen molar-refractivity contribution >= 4 is 0 Å². The lowest BCUT2D eigenvalue weighted by Gasteiger charge is -2.60. The van der Waals surface area contributed by atoms with E-state index in [4.69, 9.17) is 5.73 Å². The summed E-state index contributed by atoms with van der Waals surface area (Å²) in [4.78, 5) is 0. The molecule has 0 spiro atoms. The van der Waals surface area contributed by atoms with Gasteiger partial charge in [-0.2, -0.15) is 0 Å². The molecule has 4 atom stereocenters. The van der Waals surface area contributed by atoms with Crippen LogP contribution in [0, 0.1) is 23.2 Å². The fraction of sp³-hybridized carbons (Fsp3) is 1.00. The molecular weight excluding hydrogens is 174 g/mol. The van der Waals surface area contributed by atoms with E-state index in [0.29, 0.717) is 12.0 Å². The van der Waals surface area contributed by atoms with Gasteiger partial charge in [-0.15, -0.1) is 0 Å². The number of hydrogen-bond acceptors (Lipinski definition) is 2. The highest BCUT2D eigenvalue weighted by molar-refractivity contribution is 5.03. The molecule has 0 amide bonds. The second-order valence-corrected chi connectivity index (χ2v) is 5.82. The maximum Gasteiger partial charge on any atom is 0.0665 e. The monoisotopic (exact) mass is 197 g/mol. The highest BCUT2D eigenvalue weighted by Crippen LogP contribution is 2.62. The minimum absolute atomic E-state index is 0.270. The zero-order valence-corrected chi connectivity index (χ0v) is 9.37. The van der Waals surface area contributed by atoms with Crippen LogP contribution >= 0.6 is 0 Å². The summed E-state index contributed by atoms with van der Waals surface area (Å²) in [7, 11) is 0. The quantitative estimate of drug-likeness (QED) is 0.724. The highest BCUT2D eigenvalue weighted by atomic mass is 16.3. The molecule has 0 radical (unpaired) electrons. The van der Waals surface area contributed by atoms with Crippen LogP contribution in [-0.4, -0.2) is 17.8 Å². The van der Waals surface area contributed by atoms with Crippen LogP contribution in [-0.2, 0) is 0 Å². The van der Waals surface area contributed by atoms with E-state index in [1.165, 1.54) is 19.3 Å². The summed E-state index contributed by atoms with van der Waals surface area (Å²) in [6, 6.07) is 0. The molecule has 0 aliphatic heterocycles. The first-order valence-corrected chi connectivity index (χ1v) is 5.93. The second-order valence-electron chi connectivity index (χ2n) is 5.82. The molecule has 2 nitrogen and oxygen atoms in total. The van der Waals surface area contributed by atoms with Gasteiger partial charge in [-0.25, -0.2) is 0 Å². The minimum atomic E-state index is -0.270. The molecule has 0 aromatic carbocycles. The molecule has 14 heavy (non-hydrogen) atoms.